The third-order valence-corrected chi connectivity index (χ3v) is 5.37. The topological polar surface area (TPSA) is 111 Å². The molecule has 0 saturated carbocycles. The van der Waals surface area contributed by atoms with E-state index in [-0.39, 0.29) is 23.5 Å². The highest BCUT2D eigenvalue weighted by atomic mass is 32.2. The van der Waals surface area contributed by atoms with Crippen LogP contribution >= 0.6 is 23.1 Å². The van der Waals surface area contributed by atoms with E-state index in [4.69, 9.17) is 10.5 Å². The number of esters is 1. The van der Waals surface area contributed by atoms with Crippen molar-refractivity contribution in [2.75, 3.05) is 11.9 Å². The van der Waals surface area contributed by atoms with E-state index in [1.54, 1.807) is 43.5 Å². The molecule has 0 bridgehead atoms. The van der Waals surface area contributed by atoms with Gasteiger partial charge in [-0.3, -0.25) is 14.4 Å². The number of hydrogen-bond acceptors (Lipinski definition) is 7. The smallest absolute Gasteiger partial charge is 0.311 e. The van der Waals surface area contributed by atoms with Gasteiger partial charge in [0.25, 0.3) is 0 Å². The second kappa shape index (κ2) is 9.35. The molecule has 1 atom stereocenters. The van der Waals surface area contributed by atoms with Crippen LogP contribution in [0, 0.1) is 0 Å². The Bertz CT molecular complexity index is 790. The largest absolute Gasteiger partial charge is 0.466 e. The monoisotopic (exact) mass is 393 g/mol. The van der Waals surface area contributed by atoms with Crippen molar-refractivity contribution < 1.29 is 19.1 Å². The number of anilines is 1. The molecule has 0 aliphatic rings. The highest BCUT2D eigenvalue weighted by Gasteiger charge is 2.17. The summed E-state index contributed by atoms with van der Waals surface area (Å²) in [6, 6.07) is 6.35. The Balaban J connectivity index is 1.89. The van der Waals surface area contributed by atoms with Crippen molar-refractivity contribution in [2.45, 2.75) is 29.9 Å². The highest BCUT2D eigenvalue weighted by molar-refractivity contribution is 8.02. The Morgan fingerprint density at radius 1 is 1.31 bits per heavy atom. The van der Waals surface area contributed by atoms with Crippen LogP contribution < -0.4 is 11.1 Å². The van der Waals surface area contributed by atoms with E-state index in [0.717, 1.165) is 0 Å². The molecular formula is C17H19N3O4S2. The third kappa shape index (κ3) is 5.85. The zero-order chi connectivity index (χ0) is 19.1. The van der Waals surface area contributed by atoms with Gasteiger partial charge in [0.05, 0.1) is 24.0 Å². The average Bonchev–Trinajstić information content (AvgIpc) is 3.02. The van der Waals surface area contributed by atoms with E-state index in [9.17, 15) is 14.4 Å². The standard InChI is InChI=1S/C17H19N3O4S2/c1-3-24-14(21)8-13-9-25-17(20-13)26-10(2)16(23)19-12-6-4-11(5-7-12)15(18)22/h4-7,9-10H,3,8H2,1-2H3,(H2,18,22)(H,19,23)/t10-/m0/s1. The first kappa shape index (κ1) is 19.9. The number of rotatable bonds is 8. The predicted octanol–water partition coefficient (Wildman–Crippen LogP) is 2.47. The van der Waals surface area contributed by atoms with Crippen LogP contribution in [-0.4, -0.2) is 34.6 Å². The molecule has 0 aliphatic heterocycles. The molecule has 0 aliphatic carbocycles. The van der Waals surface area contributed by atoms with Crippen LogP contribution in [0.15, 0.2) is 34.0 Å². The number of nitrogens with one attached hydrogen (secondary N) is 1. The summed E-state index contributed by atoms with van der Waals surface area (Å²) in [4.78, 5) is 39.1. The normalized spacial score (nSPS) is 11.6. The molecule has 138 valence electrons. The van der Waals surface area contributed by atoms with E-state index < -0.39 is 5.91 Å². The van der Waals surface area contributed by atoms with Crippen molar-refractivity contribution in [3.05, 3.63) is 40.9 Å². The number of nitrogens with two attached hydrogens (primary N) is 1. The van der Waals surface area contributed by atoms with Gasteiger partial charge in [0, 0.05) is 16.6 Å². The number of nitrogens with zero attached hydrogens (tertiary/aromatic N) is 1. The molecule has 2 rings (SSSR count). The molecule has 1 aromatic heterocycles. The summed E-state index contributed by atoms with van der Waals surface area (Å²) in [7, 11) is 0. The molecule has 1 heterocycles. The second-order valence-corrected chi connectivity index (χ2v) is 7.72. The lowest BCUT2D eigenvalue weighted by molar-refractivity contribution is -0.142. The molecule has 2 amide bonds. The van der Waals surface area contributed by atoms with Crippen molar-refractivity contribution in [3.63, 3.8) is 0 Å². The summed E-state index contributed by atoms with van der Waals surface area (Å²) < 4.78 is 5.59. The van der Waals surface area contributed by atoms with Gasteiger partial charge in [-0.2, -0.15) is 0 Å². The lowest BCUT2D eigenvalue weighted by Crippen LogP contribution is -2.22. The Hall–Kier alpha value is -2.39. The maximum atomic E-state index is 12.3. The molecule has 0 unspecified atom stereocenters. The molecule has 26 heavy (non-hydrogen) atoms. The van der Waals surface area contributed by atoms with E-state index in [0.29, 0.717) is 27.9 Å². The number of aromatic nitrogens is 1. The molecular weight excluding hydrogens is 374 g/mol. The molecule has 3 N–H and O–H groups in total. The van der Waals surface area contributed by atoms with Crippen molar-refractivity contribution in [1.82, 2.24) is 4.98 Å². The number of benzene rings is 1. The number of amides is 2. The molecule has 0 spiro atoms. The average molecular weight is 393 g/mol. The van der Waals surface area contributed by atoms with E-state index in [1.807, 2.05) is 0 Å². The minimum Gasteiger partial charge on any atom is -0.466 e. The Kier molecular flexibility index (Phi) is 7.16. The minimum atomic E-state index is -0.519. The van der Waals surface area contributed by atoms with Gasteiger partial charge in [-0.05, 0) is 38.1 Å². The first-order valence-electron chi connectivity index (χ1n) is 7.86. The summed E-state index contributed by atoms with van der Waals surface area (Å²) in [5, 5.41) is 4.18. The number of hydrogen-bond donors (Lipinski definition) is 2. The summed E-state index contributed by atoms with van der Waals surface area (Å²) in [5.74, 6) is -1.03. The first-order chi connectivity index (χ1) is 12.4. The lowest BCUT2D eigenvalue weighted by Gasteiger charge is -2.10. The minimum absolute atomic E-state index is 0.123. The van der Waals surface area contributed by atoms with Crippen LogP contribution in [0.25, 0.3) is 0 Å². The zero-order valence-electron chi connectivity index (χ0n) is 14.4. The fourth-order valence-corrected chi connectivity index (χ4v) is 3.93. The van der Waals surface area contributed by atoms with Crippen LogP contribution in [0.3, 0.4) is 0 Å². The van der Waals surface area contributed by atoms with Crippen LogP contribution in [0.5, 0.6) is 0 Å². The zero-order valence-corrected chi connectivity index (χ0v) is 16.0. The molecule has 0 fully saturated rings. The summed E-state index contributed by atoms with van der Waals surface area (Å²) >= 11 is 2.69. The summed E-state index contributed by atoms with van der Waals surface area (Å²) in [6.07, 6.45) is 0.123. The fourth-order valence-electron chi connectivity index (χ4n) is 1.95. The predicted molar refractivity (Wildman–Crippen MR) is 101 cm³/mol. The van der Waals surface area contributed by atoms with Crippen LogP contribution in [-0.2, 0) is 20.7 Å². The number of carbonyl (C=O) groups is 3. The Labute approximate surface area is 159 Å². The quantitative estimate of drug-likeness (QED) is 0.526. The molecule has 9 heteroatoms. The van der Waals surface area contributed by atoms with Crippen molar-refractivity contribution >= 4 is 46.6 Å². The fraction of sp³-hybridized carbons (Fsp3) is 0.294. The molecule has 0 saturated heterocycles. The Morgan fingerprint density at radius 2 is 2.00 bits per heavy atom. The van der Waals surface area contributed by atoms with Crippen LogP contribution in [0.4, 0.5) is 5.69 Å². The van der Waals surface area contributed by atoms with Gasteiger partial charge in [0.15, 0.2) is 4.34 Å². The van der Waals surface area contributed by atoms with E-state index >= 15 is 0 Å². The van der Waals surface area contributed by atoms with Crippen molar-refractivity contribution in [3.8, 4) is 0 Å². The van der Waals surface area contributed by atoms with Crippen molar-refractivity contribution in [2.24, 2.45) is 5.73 Å². The first-order valence-corrected chi connectivity index (χ1v) is 9.62. The van der Waals surface area contributed by atoms with Gasteiger partial charge in [0.1, 0.15) is 0 Å². The lowest BCUT2D eigenvalue weighted by atomic mass is 10.2. The number of ether oxygens (including phenoxy) is 1. The van der Waals surface area contributed by atoms with Gasteiger partial charge in [0.2, 0.25) is 11.8 Å². The summed E-state index contributed by atoms with van der Waals surface area (Å²) in [5.41, 5.74) is 6.77. The van der Waals surface area contributed by atoms with Crippen LogP contribution in [0.1, 0.15) is 29.9 Å². The van der Waals surface area contributed by atoms with Crippen LogP contribution in [0.2, 0.25) is 0 Å². The van der Waals surface area contributed by atoms with Gasteiger partial charge in [-0.1, -0.05) is 11.8 Å². The van der Waals surface area contributed by atoms with Gasteiger partial charge < -0.3 is 15.8 Å². The van der Waals surface area contributed by atoms with Gasteiger partial charge >= 0.3 is 5.97 Å². The van der Waals surface area contributed by atoms with Gasteiger partial charge in [-0.15, -0.1) is 11.3 Å². The molecule has 1 aromatic carbocycles. The second-order valence-electron chi connectivity index (χ2n) is 5.28. The number of thioether (sulfide) groups is 1. The maximum Gasteiger partial charge on any atom is 0.311 e. The number of carbonyl (C=O) groups excluding carboxylic acids is 3. The van der Waals surface area contributed by atoms with Crippen molar-refractivity contribution in [1.29, 1.82) is 0 Å². The number of thiazole rings is 1. The van der Waals surface area contributed by atoms with E-state index in [2.05, 4.69) is 10.3 Å². The molecule has 2 aromatic rings. The highest BCUT2D eigenvalue weighted by Crippen LogP contribution is 2.27. The SMILES string of the molecule is CCOC(=O)Cc1csc(S[C@@H](C)C(=O)Nc2ccc(C(N)=O)cc2)n1. The molecule has 0 radical (unpaired) electrons. The number of primary amides is 1. The van der Waals surface area contributed by atoms with Gasteiger partial charge in [-0.25, -0.2) is 4.98 Å². The summed E-state index contributed by atoms with van der Waals surface area (Å²) in [6.45, 7) is 3.86. The molecule has 7 nitrogen and oxygen atoms in total. The third-order valence-electron chi connectivity index (χ3n) is 3.25. The van der Waals surface area contributed by atoms with E-state index in [1.165, 1.54) is 23.1 Å². The Morgan fingerprint density at radius 3 is 2.62 bits per heavy atom. The maximum absolute atomic E-state index is 12.3.